The molecule has 1 nitrogen and oxygen atoms in total. The lowest BCUT2D eigenvalue weighted by Gasteiger charge is -2.37. The van der Waals surface area contributed by atoms with Gasteiger partial charge >= 0.3 is 0 Å². The van der Waals surface area contributed by atoms with E-state index in [2.05, 4.69) is 0 Å². The van der Waals surface area contributed by atoms with Crippen LogP contribution in [0.1, 0.15) is 51.4 Å². The van der Waals surface area contributed by atoms with Crippen LogP contribution in [0.2, 0.25) is 0 Å². The van der Waals surface area contributed by atoms with Gasteiger partial charge in [0, 0.05) is 6.04 Å². The highest BCUT2D eigenvalue weighted by Gasteiger charge is 2.30. The molecule has 0 saturated heterocycles. The van der Waals surface area contributed by atoms with Crippen molar-refractivity contribution in [3.8, 4) is 0 Å². The SMILES string of the molecule is NC(C1CCCCC1)C1CCC1. The molecule has 0 aliphatic heterocycles. The predicted octanol–water partition coefficient (Wildman–Crippen LogP) is 2.69. The van der Waals surface area contributed by atoms with Crippen LogP contribution >= 0.6 is 0 Å². The Kier molecular flexibility index (Phi) is 2.69. The highest BCUT2D eigenvalue weighted by molar-refractivity contribution is 4.86. The van der Waals surface area contributed by atoms with Gasteiger partial charge < -0.3 is 5.73 Å². The molecule has 0 amide bonds. The topological polar surface area (TPSA) is 26.0 Å². The summed E-state index contributed by atoms with van der Waals surface area (Å²) < 4.78 is 0. The first-order valence-corrected chi connectivity index (χ1v) is 5.63. The van der Waals surface area contributed by atoms with Gasteiger partial charge in [0.25, 0.3) is 0 Å². The van der Waals surface area contributed by atoms with Crippen LogP contribution in [0.5, 0.6) is 0 Å². The third kappa shape index (κ3) is 1.66. The first-order chi connectivity index (χ1) is 5.88. The van der Waals surface area contributed by atoms with Crippen LogP contribution in [0.25, 0.3) is 0 Å². The molecule has 0 aromatic rings. The molecule has 0 bridgehead atoms. The van der Waals surface area contributed by atoms with Gasteiger partial charge in [-0.2, -0.15) is 0 Å². The smallest absolute Gasteiger partial charge is 0.00956 e. The van der Waals surface area contributed by atoms with Gasteiger partial charge in [0.15, 0.2) is 0 Å². The van der Waals surface area contributed by atoms with E-state index in [4.69, 9.17) is 5.73 Å². The van der Waals surface area contributed by atoms with E-state index >= 15 is 0 Å². The minimum absolute atomic E-state index is 0.555. The summed E-state index contributed by atoms with van der Waals surface area (Å²) in [6.45, 7) is 0. The van der Waals surface area contributed by atoms with Crippen LogP contribution in [-0.4, -0.2) is 6.04 Å². The number of hydrogen-bond acceptors (Lipinski definition) is 1. The Bertz CT molecular complexity index is 134. The van der Waals surface area contributed by atoms with Crippen LogP contribution in [0, 0.1) is 11.8 Å². The van der Waals surface area contributed by atoms with Gasteiger partial charge in [-0.1, -0.05) is 25.7 Å². The summed E-state index contributed by atoms with van der Waals surface area (Å²) in [6.07, 6.45) is 11.4. The Balaban J connectivity index is 1.80. The molecule has 0 heterocycles. The van der Waals surface area contributed by atoms with Gasteiger partial charge in [0.2, 0.25) is 0 Å². The third-order valence-corrected chi connectivity index (χ3v) is 3.89. The summed E-state index contributed by atoms with van der Waals surface area (Å²) in [5.74, 6) is 1.78. The van der Waals surface area contributed by atoms with Gasteiger partial charge in [-0.25, -0.2) is 0 Å². The first kappa shape index (κ1) is 8.55. The Morgan fingerprint density at radius 1 is 0.750 bits per heavy atom. The quantitative estimate of drug-likeness (QED) is 0.672. The average Bonchev–Trinajstić information content (AvgIpc) is 2.03. The summed E-state index contributed by atoms with van der Waals surface area (Å²) in [5, 5.41) is 0. The van der Waals surface area contributed by atoms with Crippen LogP contribution in [-0.2, 0) is 0 Å². The molecule has 2 fully saturated rings. The maximum absolute atomic E-state index is 6.25. The zero-order chi connectivity index (χ0) is 8.39. The van der Waals surface area contributed by atoms with Gasteiger partial charge in [0.05, 0.1) is 0 Å². The molecular weight excluding hydrogens is 146 g/mol. The Hall–Kier alpha value is -0.0400. The van der Waals surface area contributed by atoms with Crippen LogP contribution in [0.3, 0.4) is 0 Å². The van der Waals surface area contributed by atoms with Crippen LogP contribution in [0.4, 0.5) is 0 Å². The molecular formula is C11H21N. The number of rotatable bonds is 2. The molecule has 2 aliphatic carbocycles. The van der Waals surface area contributed by atoms with E-state index in [0.29, 0.717) is 6.04 Å². The van der Waals surface area contributed by atoms with Crippen molar-refractivity contribution in [2.75, 3.05) is 0 Å². The third-order valence-electron chi connectivity index (χ3n) is 3.89. The standard InChI is InChI=1S/C11H21N/c12-11(10-7-4-8-10)9-5-2-1-3-6-9/h9-11H,1-8,12H2. The largest absolute Gasteiger partial charge is 0.327 e. The summed E-state index contributed by atoms with van der Waals surface area (Å²) >= 11 is 0. The molecule has 0 aromatic carbocycles. The summed E-state index contributed by atoms with van der Waals surface area (Å²) in [6, 6.07) is 0.555. The maximum Gasteiger partial charge on any atom is 0.00956 e. The fourth-order valence-corrected chi connectivity index (χ4v) is 2.73. The predicted molar refractivity (Wildman–Crippen MR) is 51.9 cm³/mol. The molecule has 2 N–H and O–H groups in total. The molecule has 12 heavy (non-hydrogen) atoms. The van der Waals surface area contributed by atoms with E-state index in [-0.39, 0.29) is 0 Å². The molecule has 0 spiro atoms. The monoisotopic (exact) mass is 167 g/mol. The second-order valence-electron chi connectivity index (χ2n) is 4.67. The van der Waals surface area contributed by atoms with Gasteiger partial charge in [0.1, 0.15) is 0 Å². The van der Waals surface area contributed by atoms with Gasteiger partial charge in [-0.15, -0.1) is 0 Å². The summed E-state index contributed by atoms with van der Waals surface area (Å²) in [5.41, 5.74) is 6.25. The molecule has 1 atom stereocenters. The summed E-state index contributed by atoms with van der Waals surface area (Å²) in [7, 11) is 0. The van der Waals surface area contributed by atoms with Crippen molar-refractivity contribution in [3.05, 3.63) is 0 Å². The second-order valence-corrected chi connectivity index (χ2v) is 4.67. The molecule has 2 rings (SSSR count). The molecule has 2 aliphatic rings. The van der Waals surface area contributed by atoms with Crippen molar-refractivity contribution in [1.82, 2.24) is 0 Å². The normalized spacial score (nSPS) is 29.8. The zero-order valence-corrected chi connectivity index (χ0v) is 7.97. The van der Waals surface area contributed by atoms with Crippen molar-refractivity contribution in [3.63, 3.8) is 0 Å². The van der Waals surface area contributed by atoms with Crippen molar-refractivity contribution in [2.45, 2.75) is 57.4 Å². The van der Waals surface area contributed by atoms with Crippen molar-refractivity contribution in [2.24, 2.45) is 17.6 Å². The first-order valence-electron chi connectivity index (χ1n) is 5.63. The molecule has 70 valence electrons. The van der Waals surface area contributed by atoms with Crippen LogP contribution < -0.4 is 5.73 Å². The van der Waals surface area contributed by atoms with E-state index in [9.17, 15) is 0 Å². The Labute approximate surface area is 75.7 Å². The van der Waals surface area contributed by atoms with Crippen LogP contribution in [0.15, 0.2) is 0 Å². The highest BCUT2D eigenvalue weighted by atomic mass is 14.7. The minimum atomic E-state index is 0.555. The van der Waals surface area contributed by atoms with Gasteiger partial charge in [-0.05, 0) is 37.5 Å². The lowest BCUT2D eigenvalue weighted by Crippen LogP contribution is -2.41. The Morgan fingerprint density at radius 3 is 1.67 bits per heavy atom. The lowest BCUT2D eigenvalue weighted by molar-refractivity contribution is 0.177. The van der Waals surface area contributed by atoms with E-state index in [1.807, 2.05) is 0 Å². The van der Waals surface area contributed by atoms with Crippen molar-refractivity contribution in [1.29, 1.82) is 0 Å². The zero-order valence-electron chi connectivity index (χ0n) is 7.97. The number of hydrogen-bond donors (Lipinski definition) is 1. The van der Waals surface area contributed by atoms with Crippen molar-refractivity contribution >= 4 is 0 Å². The molecule has 0 aromatic heterocycles. The fraction of sp³-hybridized carbons (Fsp3) is 1.00. The Morgan fingerprint density at radius 2 is 1.25 bits per heavy atom. The summed E-state index contributed by atoms with van der Waals surface area (Å²) in [4.78, 5) is 0. The van der Waals surface area contributed by atoms with E-state index in [1.165, 1.54) is 51.4 Å². The molecule has 0 radical (unpaired) electrons. The fourth-order valence-electron chi connectivity index (χ4n) is 2.73. The van der Waals surface area contributed by atoms with E-state index in [0.717, 1.165) is 11.8 Å². The molecule has 2 saturated carbocycles. The van der Waals surface area contributed by atoms with Gasteiger partial charge in [-0.3, -0.25) is 0 Å². The minimum Gasteiger partial charge on any atom is -0.327 e. The highest BCUT2D eigenvalue weighted by Crippen LogP contribution is 2.36. The van der Waals surface area contributed by atoms with Crippen molar-refractivity contribution < 1.29 is 0 Å². The number of nitrogens with two attached hydrogens (primary N) is 1. The molecule has 1 heteroatoms. The lowest BCUT2D eigenvalue weighted by atomic mass is 9.71. The average molecular weight is 167 g/mol. The van der Waals surface area contributed by atoms with E-state index < -0.39 is 0 Å². The molecule has 1 unspecified atom stereocenters. The van der Waals surface area contributed by atoms with E-state index in [1.54, 1.807) is 0 Å². The maximum atomic E-state index is 6.25. The second kappa shape index (κ2) is 3.78.